The Labute approximate surface area is 118 Å². The fourth-order valence-corrected chi connectivity index (χ4v) is 2.86. The first-order valence-corrected chi connectivity index (χ1v) is 6.77. The lowest BCUT2D eigenvalue weighted by Gasteiger charge is -2.09. The Morgan fingerprint density at radius 1 is 1.25 bits per heavy atom. The number of fused-ring (bicyclic) bond motifs is 1. The summed E-state index contributed by atoms with van der Waals surface area (Å²) in [6.45, 7) is 5.53. The van der Waals surface area contributed by atoms with Crippen LogP contribution in [0.1, 0.15) is 27.2 Å². The first-order valence-electron chi connectivity index (χ1n) is 6.77. The van der Waals surface area contributed by atoms with Crippen molar-refractivity contribution >= 4 is 16.9 Å². The molecule has 0 amide bonds. The SMILES string of the molecule is Cc1cc(C(=O)O)c2c(c1)c(CCN)c(C)n2CCN. The number of benzene rings is 1. The summed E-state index contributed by atoms with van der Waals surface area (Å²) in [5, 5.41) is 10.4. The molecule has 108 valence electrons. The van der Waals surface area contributed by atoms with Gasteiger partial charge in [0, 0.05) is 24.2 Å². The molecule has 0 aliphatic carbocycles. The summed E-state index contributed by atoms with van der Waals surface area (Å²) in [5.74, 6) is -0.909. The number of rotatable bonds is 5. The van der Waals surface area contributed by atoms with Gasteiger partial charge in [-0.05, 0) is 50.1 Å². The molecular formula is C15H21N3O2. The van der Waals surface area contributed by atoms with E-state index in [9.17, 15) is 9.90 Å². The van der Waals surface area contributed by atoms with Crippen molar-refractivity contribution in [2.24, 2.45) is 11.5 Å². The zero-order valence-electron chi connectivity index (χ0n) is 11.9. The van der Waals surface area contributed by atoms with E-state index >= 15 is 0 Å². The average Bonchev–Trinajstić information content (AvgIpc) is 2.64. The number of nitrogens with zero attached hydrogens (tertiary/aromatic N) is 1. The van der Waals surface area contributed by atoms with Crippen molar-refractivity contribution in [3.8, 4) is 0 Å². The maximum Gasteiger partial charge on any atom is 0.337 e. The van der Waals surface area contributed by atoms with Gasteiger partial charge >= 0.3 is 5.97 Å². The van der Waals surface area contributed by atoms with Crippen LogP contribution in [0.25, 0.3) is 10.9 Å². The highest BCUT2D eigenvalue weighted by Crippen LogP contribution is 2.30. The van der Waals surface area contributed by atoms with Crippen LogP contribution in [0.15, 0.2) is 12.1 Å². The molecule has 5 nitrogen and oxygen atoms in total. The minimum Gasteiger partial charge on any atom is -0.478 e. The van der Waals surface area contributed by atoms with Crippen LogP contribution in [0, 0.1) is 13.8 Å². The molecule has 0 radical (unpaired) electrons. The average molecular weight is 275 g/mol. The van der Waals surface area contributed by atoms with Gasteiger partial charge in [0.05, 0.1) is 11.1 Å². The van der Waals surface area contributed by atoms with Crippen LogP contribution in [0.4, 0.5) is 0 Å². The summed E-state index contributed by atoms with van der Waals surface area (Å²) in [6, 6.07) is 3.75. The topological polar surface area (TPSA) is 94.3 Å². The van der Waals surface area contributed by atoms with Crippen molar-refractivity contribution in [3.63, 3.8) is 0 Å². The molecule has 1 aromatic carbocycles. The van der Waals surface area contributed by atoms with Crippen molar-refractivity contribution in [1.82, 2.24) is 4.57 Å². The van der Waals surface area contributed by atoms with Crippen molar-refractivity contribution in [1.29, 1.82) is 0 Å². The first kappa shape index (κ1) is 14.6. The second-order valence-electron chi connectivity index (χ2n) is 5.06. The molecule has 0 spiro atoms. The summed E-state index contributed by atoms with van der Waals surface area (Å²) >= 11 is 0. The normalized spacial score (nSPS) is 11.2. The van der Waals surface area contributed by atoms with Gasteiger partial charge < -0.3 is 21.1 Å². The molecule has 0 saturated heterocycles. The van der Waals surface area contributed by atoms with E-state index in [2.05, 4.69) is 0 Å². The lowest BCUT2D eigenvalue weighted by atomic mass is 10.0. The number of carbonyl (C=O) groups is 1. The highest BCUT2D eigenvalue weighted by Gasteiger charge is 2.19. The highest BCUT2D eigenvalue weighted by atomic mass is 16.4. The Morgan fingerprint density at radius 2 is 1.95 bits per heavy atom. The van der Waals surface area contributed by atoms with Gasteiger partial charge in [-0.3, -0.25) is 0 Å². The van der Waals surface area contributed by atoms with E-state index in [-0.39, 0.29) is 0 Å². The van der Waals surface area contributed by atoms with Gasteiger partial charge in [-0.25, -0.2) is 4.79 Å². The van der Waals surface area contributed by atoms with Gasteiger partial charge in [-0.15, -0.1) is 0 Å². The highest BCUT2D eigenvalue weighted by molar-refractivity contribution is 6.04. The lowest BCUT2D eigenvalue weighted by molar-refractivity contribution is 0.0698. The summed E-state index contributed by atoms with van der Waals surface area (Å²) < 4.78 is 2.00. The van der Waals surface area contributed by atoms with E-state index in [1.165, 1.54) is 0 Å². The van der Waals surface area contributed by atoms with E-state index in [1.54, 1.807) is 6.07 Å². The molecule has 2 aromatic rings. The van der Waals surface area contributed by atoms with Gasteiger partial charge in [-0.2, -0.15) is 0 Å². The van der Waals surface area contributed by atoms with Crippen LogP contribution in [0.2, 0.25) is 0 Å². The number of aryl methyl sites for hydroxylation is 1. The molecule has 0 fully saturated rings. The number of hydrogen-bond donors (Lipinski definition) is 3. The third-order valence-electron chi connectivity index (χ3n) is 3.67. The summed E-state index contributed by atoms with van der Waals surface area (Å²) in [4.78, 5) is 11.5. The smallest absolute Gasteiger partial charge is 0.337 e. The number of nitrogens with two attached hydrogens (primary N) is 2. The summed E-state index contributed by atoms with van der Waals surface area (Å²) in [7, 11) is 0. The minimum absolute atomic E-state index is 0.333. The zero-order valence-corrected chi connectivity index (χ0v) is 11.9. The number of aromatic nitrogens is 1. The van der Waals surface area contributed by atoms with Gasteiger partial charge in [0.1, 0.15) is 0 Å². The van der Waals surface area contributed by atoms with Crippen LogP contribution in [-0.4, -0.2) is 28.7 Å². The van der Waals surface area contributed by atoms with Crippen molar-refractivity contribution in [3.05, 3.63) is 34.5 Å². The number of carboxylic acid groups (broad SMARTS) is 1. The second-order valence-corrected chi connectivity index (χ2v) is 5.06. The van der Waals surface area contributed by atoms with Crippen LogP contribution < -0.4 is 11.5 Å². The molecule has 5 N–H and O–H groups in total. The van der Waals surface area contributed by atoms with Crippen LogP contribution in [0.5, 0.6) is 0 Å². The maximum atomic E-state index is 11.5. The van der Waals surface area contributed by atoms with Crippen molar-refractivity contribution in [2.75, 3.05) is 13.1 Å². The number of aromatic carboxylic acids is 1. The first-order chi connectivity index (χ1) is 9.51. The molecule has 2 rings (SSSR count). The molecule has 0 atom stereocenters. The molecule has 0 unspecified atom stereocenters. The van der Waals surface area contributed by atoms with Crippen LogP contribution >= 0.6 is 0 Å². The van der Waals surface area contributed by atoms with Crippen molar-refractivity contribution in [2.45, 2.75) is 26.8 Å². The van der Waals surface area contributed by atoms with E-state index in [1.807, 2.05) is 24.5 Å². The molecular weight excluding hydrogens is 254 g/mol. The Morgan fingerprint density at radius 3 is 2.50 bits per heavy atom. The monoisotopic (exact) mass is 275 g/mol. The van der Waals surface area contributed by atoms with Gasteiger partial charge in [0.15, 0.2) is 0 Å². The maximum absolute atomic E-state index is 11.5. The van der Waals surface area contributed by atoms with Gasteiger partial charge in [0.2, 0.25) is 0 Å². The Balaban J connectivity index is 2.88. The Kier molecular flexibility index (Phi) is 4.11. The Hall–Kier alpha value is -1.85. The zero-order chi connectivity index (χ0) is 14.9. The van der Waals surface area contributed by atoms with E-state index < -0.39 is 5.97 Å². The summed E-state index contributed by atoms with van der Waals surface area (Å²) in [5.41, 5.74) is 15.6. The third-order valence-corrected chi connectivity index (χ3v) is 3.67. The molecule has 1 aromatic heterocycles. The molecule has 0 saturated carbocycles. The minimum atomic E-state index is -0.909. The van der Waals surface area contributed by atoms with E-state index in [4.69, 9.17) is 11.5 Å². The van der Waals surface area contributed by atoms with E-state index in [0.717, 1.165) is 34.1 Å². The number of hydrogen-bond acceptors (Lipinski definition) is 3. The van der Waals surface area contributed by atoms with Crippen LogP contribution in [0.3, 0.4) is 0 Å². The van der Waals surface area contributed by atoms with Crippen LogP contribution in [-0.2, 0) is 13.0 Å². The van der Waals surface area contributed by atoms with Crippen molar-refractivity contribution < 1.29 is 9.90 Å². The lowest BCUT2D eigenvalue weighted by Crippen LogP contribution is -2.13. The largest absolute Gasteiger partial charge is 0.478 e. The quantitative estimate of drug-likeness (QED) is 0.769. The Bertz CT molecular complexity index is 659. The van der Waals surface area contributed by atoms with Gasteiger partial charge in [-0.1, -0.05) is 0 Å². The molecule has 5 heteroatoms. The molecule has 0 aliphatic heterocycles. The second kappa shape index (κ2) is 5.64. The molecule has 0 bridgehead atoms. The van der Waals surface area contributed by atoms with Gasteiger partial charge in [0.25, 0.3) is 0 Å². The number of carboxylic acids is 1. The summed E-state index contributed by atoms with van der Waals surface area (Å²) in [6.07, 6.45) is 0.739. The molecule has 1 heterocycles. The predicted molar refractivity (Wildman–Crippen MR) is 80.2 cm³/mol. The predicted octanol–water partition coefficient (Wildman–Crippen LogP) is 1.42. The standard InChI is InChI=1S/C15H21N3O2/c1-9-7-12-11(3-4-16)10(2)18(6-5-17)14(12)13(8-9)15(19)20/h7-8H,3-6,16-17H2,1-2H3,(H,19,20). The molecule has 0 aliphatic rings. The molecule has 20 heavy (non-hydrogen) atoms. The third kappa shape index (κ3) is 2.30. The van der Waals surface area contributed by atoms with E-state index in [0.29, 0.717) is 25.2 Å². The fourth-order valence-electron chi connectivity index (χ4n) is 2.86. The fraction of sp³-hybridized carbons (Fsp3) is 0.400.